The molecule has 2 aliphatic rings. The number of hydrogen-bond acceptors (Lipinski definition) is 8. The molecule has 1 saturated carbocycles. The van der Waals surface area contributed by atoms with Gasteiger partial charge in [-0.05, 0) is 51.7 Å². The van der Waals surface area contributed by atoms with Gasteiger partial charge in [0.2, 0.25) is 0 Å². The average molecular weight is 500 g/mol. The first-order valence-electron chi connectivity index (χ1n) is 12.1. The van der Waals surface area contributed by atoms with Gasteiger partial charge in [0.1, 0.15) is 30.1 Å². The fourth-order valence-electron chi connectivity index (χ4n) is 4.55. The van der Waals surface area contributed by atoms with Crippen LogP contribution in [0.4, 0.5) is 0 Å². The third-order valence-corrected chi connectivity index (χ3v) is 7.84. The third kappa shape index (κ3) is 7.26. The number of carbonyl (C=O) groups is 1. The molecule has 0 aromatic heterocycles. The van der Waals surface area contributed by atoms with E-state index < -0.39 is 38.1 Å². The maximum absolute atomic E-state index is 13.7. The fraction of sp³-hybridized carbons (Fsp3) is 0.708. The molecule has 10 heteroatoms. The highest BCUT2D eigenvalue weighted by molar-refractivity contribution is 7.52. The van der Waals surface area contributed by atoms with Crippen molar-refractivity contribution >= 4 is 13.7 Å². The molecular formula is C24H38NO8P. The van der Waals surface area contributed by atoms with Gasteiger partial charge in [-0.2, -0.15) is 5.09 Å². The summed E-state index contributed by atoms with van der Waals surface area (Å²) < 4.78 is 42.0. The number of aliphatic hydroxyl groups is 1. The van der Waals surface area contributed by atoms with E-state index in [1.807, 2.05) is 0 Å². The molecule has 3 unspecified atom stereocenters. The molecule has 0 bridgehead atoms. The van der Waals surface area contributed by atoms with Gasteiger partial charge in [-0.25, -0.2) is 4.57 Å². The van der Waals surface area contributed by atoms with Gasteiger partial charge < -0.3 is 23.8 Å². The molecule has 6 atom stereocenters. The molecule has 2 N–H and O–H groups in total. The van der Waals surface area contributed by atoms with Gasteiger partial charge in [0, 0.05) is 7.11 Å². The number of hydrogen-bond donors (Lipinski definition) is 2. The Morgan fingerprint density at radius 1 is 1.18 bits per heavy atom. The lowest BCUT2D eigenvalue weighted by atomic mass is 9.83. The van der Waals surface area contributed by atoms with Gasteiger partial charge in [0.25, 0.3) is 0 Å². The summed E-state index contributed by atoms with van der Waals surface area (Å²) in [5.74, 6) is -0.00334. The van der Waals surface area contributed by atoms with Crippen LogP contribution in [0.5, 0.6) is 5.75 Å². The highest BCUT2D eigenvalue weighted by Gasteiger charge is 2.48. The quantitative estimate of drug-likeness (QED) is 0.346. The summed E-state index contributed by atoms with van der Waals surface area (Å²) in [6, 6.07) is 7.62. The summed E-state index contributed by atoms with van der Waals surface area (Å²) in [6.45, 7) is 4.85. The second-order valence-electron chi connectivity index (χ2n) is 9.26. The molecule has 1 saturated heterocycles. The minimum absolute atomic E-state index is 0.151. The van der Waals surface area contributed by atoms with Crippen LogP contribution in [0.25, 0.3) is 0 Å². The summed E-state index contributed by atoms with van der Waals surface area (Å²) in [7, 11) is -2.51. The first-order chi connectivity index (χ1) is 16.2. The van der Waals surface area contributed by atoms with Crippen molar-refractivity contribution in [1.82, 2.24) is 5.09 Å². The van der Waals surface area contributed by atoms with E-state index in [4.69, 9.17) is 23.3 Å². The minimum Gasteiger partial charge on any atom is -0.462 e. The molecule has 192 valence electrons. The number of esters is 1. The zero-order valence-electron chi connectivity index (χ0n) is 20.4. The van der Waals surface area contributed by atoms with Crippen molar-refractivity contribution in [1.29, 1.82) is 0 Å². The average Bonchev–Trinajstić information content (AvgIpc) is 3.13. The zero-order valence-corrected chi connectivity index (χ0v) is 21.3. The van der Waals surface area contributed by atoms with E-state index in [-0.39, 0.29) is 24.7 Å². The maximum Gasteiger partial charge on any atom is 0.459 e. The number of nitrogens with one attached hydrogen (secondary N) is 1. The predicted octanol–water partition coefficient (Wildman–Crippen LogP) is 3.84. The number of benzene rings is 1. The lowest BCUT2D eigenvalue weighted by Crippen LogP contribution is -2.39. The maximum atomic E-state index is 13.7. The van der Waals surface area contributed by atoms with E-state index in [1.54, 1.807) is 44.2 Å². The second kappa shape index (κ2) is 12.5. The molecule has 2 fully saturated rings. The Morgan fingerprint density at radius 2 is 1.85 bits per heavy atom. The summed E-state index contributed by atoms with van der Waals surface area (Å²) >= 11 is 0. The first-order valence-corrected chi connectivity index (χ1v) is 13.6. The molecule has 9 nitrogen and oxygen atoms in total. The van der Waals surface area contributed by atoms with Crippen LogP contribution < -0.4 is 9.61 Å². The Bertz CT molecular complexity index is 816. The SMILES string of the molecule is COC1C(O)[C@H](C2CCCCC2)O[C@@H]1COP(=O)(N[C@@H](C)C(=O)OC(C)C)Oc1ccccc1. The summed E-state index contributed by atoms with van der Waals surface area (Å²) in [6.07, 6.45) is 2.68. The molecule has 0 amide bonds. The van der Waals surface area contributed by atoms with Crippen LogP contribution in [0.15, 0.2) is 30.3 Å². The molecule has 3 rings (SSSR count). The molecule has 1 aromatic carbocycles. The van der Waals surface area contributed by atoms with Crippen LogP contribution in [-0.2, 0) is 28.1 Å². The Morgan fingerprint density at radius 3 is 2.47 bits per heavy atom. The number of ether oxygens (including phenoxy) is 3. The van der Waals surface area contributed by atoms with E-state index in [0.717, 1.165) is 25.7 Å². The molecular weight excluding hydrogens is 461 g/mol. The Labute approximate surface area is 202 Å². The predicted molar refractivity (Wildman–Crippen MR) is 126 cm³/mol. The van der Waals surface area contributed by atoms with E-state index >= 15 is 0 Å². The zero-order chi connectivity index (χ0) is 24.7. The van der Waals surface area contributed by atoms with Gasteiger partial charge in [0.15, 0.2) is 0 Å². The molecule has 1 aromatic rings. The summed E-state index contributed by atoms with van der Waals surface area (Å²) in [5.41, 5.74) is 0. The lowest BCUT2D eigenvalue weighted by Gasteiger charge is -2.29. The number of para-hydroxylation sites is 1. The normalized spacial score (nSPS) is 28.4. The molecule has 1 aliphatic carbocycles. The van der Waals surface area contributed by atoms with Gasteiger partial charge in [0.05, 0.1) is 18.8 Å². The van der Waals surface area contributed by atoms with Crippen LogP contribution >= 0.6 is 7.75 Å². The van der Waals surface area contributed by atoms with Gasteiger partial charge in [-0.1, -0.05) is 37.5 Å². The number of methoxy groups -OCH3 is 1. The summed E-state index contributed by atoms with van der Waals surface area (Å²) in [4.78, 5) is 12.3. The Kier molecular flexibility index (Phi) is 9.95. The van der Waals surface area contributed by atoms with Crippen molar-refractivity contribution < 1.29 is 37.7 Å². The van der Waals surface area contributed by atoms with Crippen molar-refractivity contribution in [2.45, 2.75) is 89.4 Å². The largest absolute Gasteiger partial charge is 0.462 e. The lowest BCUT2D eigenvalue weighted by molar-refractivity contribution is -0.149. The first kappa shape index (κ1) is 27.1. The van der Waals surface area contributed by atoms with E-state index in [1.165, 1.54) is 20.5 Å². The van der Waals surface area contributed by atoms with Crippen molar-refractivity contribution in [3.63, 3.8) is 0 Å². The standard InChI is InChI=1S/C24H38NO8P/c1-16(2)31-24(27)17(3)25-34(28,33-19-13-9-6-10-14-19)30-15-20-23(29-4)21(26)22(32-20)18-11-7-5-8-12-18/h6,9-10,13-14,16-18,20-23,26H,5,7-8,11-12,15H2,1-4H3,(H,25,28)/t17-,20+,21?,22-,23?,34?/m0/s1. The monoisotopic (exact) mass is 499 g/mol. The van der Waals surface area contributed by atoms with Crippen LogP contribution in [0, 0.1) is 5.92 Å². The van der Waals surface area contributed by atoms with Crippen LogP contribution in [0.2, 0.25) is 0 Å². The molecule has 0 radical (unpaired) electrons. The highest BCUT2D eigenvalue weighted by Crippen LogP contribution is 2.46. The smallest absolute Gasteiger partial charge is 0.459 e. The molecule has 1 aliphatic heterocycles. The van der Waals surface area contributed by atoms with Crippen molar-refractivity contribution in [2.24, 2.45) is 5.92 Å². The summed E-state index contributed by atoms with van der Waals surface area (Å²) in [5, 5.41) is 13.5. The van der Waals surface area contributed by atoms with Crippen LogP contribution in [0.1, 0.15) is 52.9 Å². The van der Waals surface area contributed by atoms with E-state index in [2.05, 4.69) is 5.09 Å². The van der Waals surface area contributed by atoms with Gasteiger partial charge in [-0.15, -0.1) is 0 Å². The van der Waals surface area contributed by atoms with Crippen LogP contribution in [0.3, 0.4) is 0 Å². The number of carbonyl (C=O) groups excluding carboxylic acids is 1. The fourth-order valence-corrected chi connectivity index (χ4v) is 6.05. The Balaban J connectivity index is 1.70. The third-order valence-electron chi connectivity index (χ3n) is 6.19. The Hall–Kier alpha value is -1.48. The van der Waals surface area contributed by atoms with Gasteiger partial charge in [-0.3, -0.25) is 9.32 Å². The molecule has 0 spiro atoms. The van der Waals surface area contributed by atoms with Crippen LogP contribution in [-0.4, -0.2) is 61.4 Å². The molecule has 34 heavy (non-hydrogen) atoms. The van der Waals surface area contributed by atoms with Crippen molar-refractivity contribution in [3.05, 3.63) is 30.3 Å². The number of aliphatic hydroxyl groups excluding tert-OH is 1. The van der Waals surface area contributed by atoms with Crippen molar-refractivity contribution in [2.75, 3.05) is 13.7 Å². The highest BCUT2D eigenvalue weighted by atomic mass is 31.2. The second-order valence-corrected chi connectivity index (χ2v) is 11.0. The van der Waals surface area contributed by atoms with E-state index in [0.29, 0.717) is 5.75 Å². The van der Waals surface area contributed by atoms with Gasteiger partial charge >= 0.3 is 13.7 Å². The molecule has 1 heterocycles. The minimum atomic E-state index is -4.02. The van der Waals surface area contributed by atoms with Crippen molar-refractivity contribution in [3.8, 4) is 5.75 Å². The van der Waals surface area contributed by atoms with E-state index in [9.17, 15) is 14.5 Å². The topological polar surface area (TPSA) is 113 Å². The number of rotatable bonds is 11.